The second-order valence-electron chi connectivity index (χ2n) is 4.93. The predicted molar refractivity (Wildman–Crippen MR) is 64.7 cm³/mol. The van der Waals surface area contributed by atoms with E-state index in [0.717, 1.165) is 0 Å². The van der Waals surface area contributed by atoms with E-state index in [1.165, 1.54) is 0 Å². The summed E-state index contributed by atoms with van der Waals surface area (Å²) in [6.45, 7) is 3.56. The fourth-order valence-corrected chi connectivity index (χ4v) is 2.16. The number of ether oxygens (including phenoxy) is 2. The van der Waals surface area contributed by atoms with Crippen molar-refractivity contribution in [2.45, 2.75) is 45.6 Å². The number of rotatable bonds is 5. The summed E-state index contributed by atoms with van der Waals surface area (Å²) < 4.78 is 10.0. The molecule has 0 radical (unpaired) electrons. The van der Waals surface area contributed by atoms with E-state index in [4.69, 9.17) is 14.6 Å². The highest BCUT2D eigenvalue weighted by molar-refractivity contribution is 5.75. The van der Waals surface area contributed by atoms with Crippen molar-refractivity contribution in [1.82, 2.24) is 0 Å². The van der Waals surface area contributed by atoms with E-state index < -0.39 is 0 Å². The molecule has 0 aromatic rings. The molecule has 1 N–H and O–H groups in total. The molecule has 0 aromatic carbocycles. The molecule has 5 heteroatoms. The van der Waals surface area contributed by atoms with Crippen LogP contribution >= 0.6 is 0 Å². The fraction of sp³-hybridized carbons (Fsp3) is 0.846. The van der Waals surface area contributed by atoms with E-state index in [2.05, 4.69) is 0 Å². The van der Waals surface area contributed by atoms with Crippen LogP contribution in [0.4, 0.5) is 0 Å². The van der Waals surface area contributed by atoms with Gasteiger partial charge in [0.1, 0.15) is 6.61 Å². The Hall–Kier alpha value is -1.10. The SMILES string of the molecule is CC(C)OC(=O)C1CCC(C(=O)OCCO)CC1. The number of esters is 2. The van der Waals surface area contributed by atoms with Crippen molar-refractivity contribution < 1.29 is 24.2 Å². The lowest BCUT2D eigenvalue weighted by molar-refractivity contribution is -0.157. The number of carbonyl (C=O) groups excluding carboxylic acids is 2. The number of aliphatic hydroxyl groups excluding tert-OH is 1. The van der Waals surface area contributed by atoms with Crippen LogP contribution < -0.4 is 0 Å². The van der Waals surface area contributed by atoms with E-state index in [9.17, 15) is 9.59 Å². The van der Waals surface area contributed by atoms with Crippen LogP contribution in [-0.4, -0.2) is 36.4 Å². The topological polar surface area (TPSA) is 72.8 Å². The molecule has 104 valence electrons. The van der Waals surface area contributed by atoms with Crippen LogP contribution in [0, 0.1) is 11.8 Å². The van der Waals surface area contributed by atoms with E-state index in [-0.39, 0.29) is 43.1 Å². The maximum absolute atomic E-state index is 11.7. The molecule has 1 fully saturated rings. The molecule has 0 heterocycles. The normalized spacial score (nSPS) is 23.8. The quantitative estimate of drug-likeness (QED) is 0.752. The summed E-state index contributed by atoms with van der Waals surface area (Å²) >= 11 is 0. The van der Waals surface area contributed by atoms with Crippen molar-refractivity contribution >= 4 is 11.9 Å². The van der Waals surface area contributed by atoms with Crippen LogP contribution in [0.15, 0.2) is 0 Å². The summed E-state index contributed by atoms with van der Waals surface area (Å²) in [6, 6.07) is 0. The van der Waals surface area contributed by atoms with Gasteiger partial charge < -0.3 is 14.6 Å². The third kappa shape index (κ3) is 4.64. The Kier molecular flexibility index (Phi) is 6.12. The van der Waals surface area contributed by atoms with Crippen LogP contribution in [0.3, 0.4) is 0 Å². The van der Waals surface area contributed by atoms with Gasteiger partial charge in [0, 0.05) is 0 Å². The van der Waals surface area contributed by atoms with Crippen LogP contribution in [0.2, 0.25) is 0 Å². The van der Waals surface area contributed by atoms with Gasteiger partial charge in [-0.2, -0.15) is 0 Å². The number of carbonyl (C=O) groups is 2. The third-order valence-electron chi connectivity index (χ3n) is 3.08. The number of hydrogen-bond acceptors (Lipinski definition) is 5. The Morgan fingerprint density at radius 2 is 1.61 bits per heavy atom. The maximum Gasteiger partial charge on any atom is 0.309 e. The molecule has 18 heavy (non-hydrogen) atoms. The van der Waals surface area contributed by atoms with Gasteiger partial charge in [0.2, 0.25) is 0 Å². The van der Waals surface area contributed by atoms with Gasteiger partial charge in [-0.05, 0) is 39.5 Å². The fourth-order valence-electron chi connectivity index (χ4n) is 2.16. The maximum atomic E-state index is 11.7. The number of aliphatic hydroxyl groups is 1. The summed E-state index contributed by atoms with van der Waals surface area (Å²) in [5.41, 5.74) is 0. The average Bonchev–Trinajstić information content (AvgIpc) is 2.35. The molecule has 0 saturated heterocycles. The highest BCUT2D eigenvalue weighted by Crippen LogP contribution is 2.30. The van der Waals surface area contributed by atoms with E-state index in [0.29, 0.717) is 25.7 Å². The van der Waals surface area contributed by atoms with Gasteiger partial charge in [0.25, 0.3) is 0 Å². The summed E-state index contributed by atoms with van der Waals surface area (Å²) in [5.74, 6) is -0.652. The molecule has 5 nitrogen and oxygen atoms in total. The second-order valence-corrected chi connectivity index (χ2v) is 4.93. The molecule has 0 aliphatic heterocycles. The van der Waals surface area contributed by atoms with Crippen LogP contribution in [0.25, 0.3) is 0 Å². The largest absolute Gasteiger partial charge is 0.463 e. The summed E-state index contributed by atoms with van der Waals surface area (Å²) in [5, 5.41) is 8.57. The molecule has 0 amide bonds. The first-order valence-corrected chi connectivity index (χ1v) is 6.52. The predicted octanol–water partition coefficient (Wildman–Crippen LogP) is 1.28. The first-order valence-electron chi connectivity index (χ1n) is 6.52. The molecule has 1 aliphatic rings. The minimum absolute atomic E-state index is 0.0498. The van der Waals surface area contributed by atoms with E-state index in [1.807, 2.05) is 13.8 Å². The molecule has 1 rings (SSSR count). The molecule has 0 atom stereocenters. The monoisotopic (exact) mass is 258 g/mol. The number of hydrogen-bond donors (Lipinski definition) is 1. The van der Waals surface area contributed by atoms with Gasteiger partial charge in [-0.1, -0.05) is 0 Å². The molecule has 0 bridgehead atoms. The van der Waals surface area contributed by atoms with Crippen molar-refractivity contribution in [3.63, 3.8) is 0 Å². The molecular weight excluding hydrogens is 236 g/mol. The van der Waals surface area contributed by atoms with Gasteiger partial charge >= 0.3 is 11.9 Å². The zero-order chi connectivity index (χ0) is 13.5. The first kappa shape index (κ1) is 15.0. The average molecular weight is 258 g/mol. The lowest BCUT2D eigenvalue weighted by Crippen LogP contribution is -2.29. The van der Waals surface area contributed by atoms with E-state index >= 15 is 0 Å². The minimum Gasteiger partial charge on any atom is -0.463 e. The zero-order valence-electron chi connectivity index (χ0n) is 11.1. The Labute approximate surface area is 107 Å². The lowest BCUT2D eigenvalue weighted by Gasteiger charge is -2.26. The van der Waals surface area contributed by atoms with Crippen molar-refractivity contribution in [3.8, 4) is 0 Å². The smallest absolute Gasteiger partial charge is 0.309 e. The standard InChI is InChI=1S/C13H22O5/c1-9(2)18-13(16)11-5-3-10(4-6-11)12(15)17-8-7-14/h9-11,14H,3-8H2,1-2H3. The molecule has 1 saturated carbocycles. The Morgan fingerprint density at radius 1 is 1.11 bits per heavy atom. The second kappa shape index (κ2) is 7.36. The van der Waals surface area contributed by atoms with Crippen molar-refractivity contribution in [2.75, 3.05) is 13.2 Å². The van der Waals surface area contributed by atoms with Crippen LogP contribution in [0.5, 0.6) is 0 Å². The van der Waals surface area contributed by atoms with Crippen molar-refractivity contribution in [1.29, 1.82) is 0 Å². The molecular formula is C13H22O5. The summed E-state index contributed by atoms with van der Waals surface area (Å²) in [7, 11) is 0. The molecule has 0 unspecified atom stereocenters. The molecule has 0 spiro atoms. The third-order valence-corrected chi connectivity index (χ3v) is 3.08. The Morgan fingerprint density at radius 3 is 2.06 bits per heavy atom. The van der Waals surface area contributed by atoms with Gasteiger partial charge in [-0.15, -0.1) is 0 Å². The van der Waals surface area contributed by atoms with Gasteiger partial charge in [-0.3, -0.25) is 9.59 Å². The van der Waals surface area contributed by atoms with Crippen molar-refractivity contribution in [2.24, 2.45) is 11.8 Å². The molecule has 0 aromatic heterocycles. The Bertz CT molecular complexity index is 279. The van der Waals surface area contributed by atoms with Gasteiger partial charge in [-0.25, -0.2) is 0 Å². The van der Waals surface area contributed by atoms with Gasteiger partial charge in [0.05, 0.1) is 24.5 Å². The first-order chi connectivity index (χ1) is 8.54. The van der Waals surface area contributed by atoms with Crippen LogP contribution in [0.1, 0.15) is 39.5 Å². The Balaban J connectivity index is 2.32. The van der Waals surface area contributed by atoms with Crippen LogP contribution in [-0.2, 0) is 19.1 Å². The van der Waals surface area contributed by atoms with Crippen molar-refractivity contribution in [3.05, 3.63) is 0 Å². The van der Waals surface area contributed by atoms with E-state index in [1.54, 1.807) is 0 Å². The highest BCUT2D eigenvalue weighted by Gasteiger charge is 2.31. The molecule has 1 aliphatic carbocycles. The zero-order valence-corrected chi connectivity index (χ0v) is 11.1. The lowest BCUT2D eigenvalue weighted by atomic mass is 9.82. The summed E-state index contributed by atoms with van der Waals surface area (Å²) in [6.07, 6.45) is 2.56. The van der Waals surface area contributed by atoms with Gasteiger partial charge in [0.15, 0.2) is 0 Å². The highest BCUT2D eigenvalue weighted by atomic mass is 16.5. The summed E-state index contributed by atoms with van der Waals surface area (Å²) in [4.78, 5) is 23.2. The minimum atomic E-state index is -0.264.